The second kappa shape index (κ2) is 6.95. The molecule has 1 aliphatic rings. The van der Waals surface area contributed by atoms with Gasteiger partial charge in [0.2, 0.25) is 0 Å². The molecule has 0 bridgehead atoms. The Hall–Kier alpha value is -1.26. The van der Waals surface area contributed by atoms with Gasteiger partial charge in [0.05, 0.1) is 14.2 Å². The van der Waals surface area contributed by atoms with Crippen molar-refractivity contribution in [1.29, 1.82) is 0 Å². The highest BCUT2D eigenvalue weighted by atomic mass is 16.5. The number of nitrogens with zero attached hydrogens (tertiary/aromatic N) is 1. The highest BCUT2D eigenvalue weighted by Gasteiger charge is 2.19. The SMILES string of the molecule is CNC1CCCN(Cc2cc(OC)c(OC)cc2C)C1. The van der Waals surface area contributed by atoms with Crippen LogP contribution >= 0.6 is 0 Å². The molecule has 4 nitrogen and oxygen atoms in total. The van der Waals surface area contributed by atoms with Gasteiger partial charge in [-0.3, -0.25) is 4.90 Å². The minimum absolute atomic E-state index is 0.615. The van der Waals surface area contributed by atoms with E-state index in [1.807, 2.05) is 0 Å². The van der Waals surface area contributed by atoms with E-state index in [-0.39, 0.29) is 0 Å². The van der Waals surface area contributed by atoms with Crippen LogP contribution in [0.15, 0.2) is 12.1 Å². The second-order valence-corrected chi connectivity index (χ2v) is 5.50. The van der Waals surface area contributed by atoms with Gasteiger partial charge in [0, 0.05) is 19.1 Å². The van der Waals surface area contributed by atoms with Crippen molar-refractivity contribution in [2.75, 3.05) is 34.4 Å². The van der Waals surface area contributed by atoms with Crippen LogP contribution in [-0.2, 0) is 6.54 Å². The van der Waals surface area contributed by atoms with Gasteiger partial charge in [-0.2, -0.15) is 0 Å². The van der Waals surface area contributed by atoms with Crippen LogP contribution in [0, 0.1) is 6.92 Å². The topological polar surface area (TPSA) is 33.7 Å². The van der Waals surface area contributed by atoms with Crippen LogP contribution in [0.1, 0.15) is 24.0 Å². The molecule has 1 aromatic carbocycles. The molecule has 1 saturated heterocycles. The van der Waals surface area contributed by atoms with Crippen LogP contribution < -0.4 is 14.8 Å². The summed E-state index contributed by atoms with van der Waals surface area (Å²) >= 11 is 0. The third-order valence-electron chi connectivity index (χ3n) is 4.15. The summed E-state index contributed by atoms with van der Waals surface area (Å²) in [5.41, 5.74) is 2.58. The Labute approximate surface area is 122 Å². The molecule has 112 valence electrons. The zero-order valence-electron chi connectivity index (χ0n) is 13.0. The molecule has 0 saturated carbocycles. The summed E-state index contributed by atoms with van der Waals surface area (Å²) in [6.45, 7) is 5.40. The number of likely N-dealkylation sites (tertiary alicyclic amines) is 1. The molecule has 1 heterocycles. The Morgan fingerprint density at radius 2 is 1.95 bits per heavy atom. The number of ether oxygens (including phenoxy) is 2. The molecule has 2 rings (SSSR count). The van der Waals surface area contributed by atoms with Gasteiger partial charge in [0.15, 0.2) is 11.5 Å². The van der Waals surface area contributed by atoms with E-state index in [2.05, 4.69) is 36.3 Å². The minimum Gasteiger partial charge on any atom is -0.493 e. The number of hydrogen-bond donors (Lipinski definition) is 1. The van der Waals surface area contributed by atoms with Gasteiger partial charge in [-0.25, -0.2) is 0 Å². The first-order valence-electron chi connectivity index (χ1n) is 7.29. The molecular formula is C16H26N2O2. The molecule has 1 atom stereocenters. The maximum Gasteiger partial charge on any atom is 0.161 e. The first-order chi connectivity index (χ1) is 9.67. The maximum absolute atomic E-state index is 5.41. The summed E-state index contributed by atoms with van der Waals surface area (Å²) in [7, 11) is 5.42. The first kappa shape index (κ1) is 15.1. The molecule has 0 amide bonds. The van der Waals surface area contributed by atoms with Gasteiger partial charge in [-0.1, -0.05) is 0 Å². The van der Waals surface area contributed by atoms with E-state index in [0.717, 1.165) is 24.6 Å². The van der Waals surface area contributed by atoms with E-state index >= 15 is 0 Å². The Kier molecular flexibility index (Phi) is 5.26. The molecule has 1 N–H and O–H groups in total. The molecule has 1 aliphatic heterocycles. The van der Waals surface area contributed by atoms with Crippen LogP contribution in [0.2, 0.25) is 0 Å². The molecule has 20 heavy (non-hydrogen) atoms. The van der Waals surface area contributed by atoms with Gasteiger partial charge < -0.3 is 14.8 Å². The average molecular weight is 278 g/mol. The fraction of sp³-hybridized carbons (Fsp3) is 0.625. The minimum atomic E-state index is 0.615. The lowest BCUT2D eigenvalue weighted by molar-refractivity contribution is 0.187. The van der Waals surface area contributed by atoms with E-state index in [1.54, 1.807) is 14.2 Å². The van der Waals surface area contributed by atoms with Crippen LogP contribution in [0.3, 0.4) is 0 Å². The maximum atomic E-state index is 5.41. The highest BCUT2D eigenvalue weighted by Crippen LogP contribution is 2.31. The van der Waals surface area contributed by atoms with Crippen molar-refractivity contribution < 1.29 is 9.47 Å². The lowest BCUT2D eigenvalue weighted by Gasteiger charge is -2.33. The van der Waals surface area contributed by atoms with Crippen molar-refractivity contribution in [3.63, 3.8) is 0 Å². The Balaban J connectivity index is 2.12. The zero-order chi connectivity index (χ0) is 14.5. The Bertz CT molecular complexity index is 448. The van der Waals surface area contributed by atoms with Crippen molar-refractivity contribution in [3.8, 4) is 11.5 Å². The average Bonchev–Trinajstić information content (AvgIpc) is 2.49. The van der Waals surface area contributed by atoms with Crippen molar-refractivity contribution in [2.24, 2.45) is 0 Å². The fourth-order valence-electron chi connectivity index (χ4n) is 2.87. The summed E-state index contributed by atoms with van der Waals surface area (Å²) in [5.74, 6) is 1.62. The molecule has 0 radical (unpaired) electrons. The number of likely N-dealkylation sites (N-methyl/N-ethyl adjacent to an activating group) is 1. The van der Waals surface area contributed by atoms with Gasteiger partial charge >= 0.3 is 0 Å². The van der Waals surface area contributed by atoms with E-state index in [4.69, 9.17) is 9.47 Å². The van der Waals surface area contributed by atoms with Gasteiger partial charge in [-0.15, -0.1) is 0 Å². The van der Waals surface area contributed by atoms with Gasteiger partial charge in [-0.05, 0) is 56.6 Å². The smallest absolute Gasteiger partial charge is 0.161 e. The third-order valence-corrected chi connectivity index (χ3v) is 4.15. The van der Waals surface area contributed by atoms with Gasteiger partial charge in [0.1, 0.15) is 0 Å². The number of rotatable bonds is 5. The predicted molar refractivity (Wildman–Crippen MR) is 81.6 cm³/mol. The largest absolute Gasteiger partial charge is 0.493 e. The van der Waals surface area contributed by atoms with Crippen molar-refractivity contribution in [1.82, 2.24) is 10.2 Å². The van der Waals surface area contributed by atoms with E-state index < -0.39 is 0 Å². The lowest BCUT2D eigenvalue weighted by Crippen LogP contribution is -2.43. The van der Waals surface area contributed by atoms with Crippen LogP contribution in [-0.4, -0.2) is 45.3 Å². The van der Waals surface area contributed by atoms with E-state index in [0.29, 0.717) is 6.04 Å². The van der Waals surface area contributed by atoms with Crippen molar-refractivity contribution in [3.05, 3.63) is 23.3 Å². The molecule has 4 heteroatoms. The Morgan fingerprint density at radius 1 is 1.25 bits per heavy atom. The highest BCUT2D eigenvalue weighted by molar-refractivity contribution is 5.47. The van der Waals surface area contributed by atoms with E-state index in [9.17, 15) is 0 Å². The van der Waals surface area contributed by atoms with Crippen LogP contribution in [0.5, 0.6) is 11.5 Å². The fourth-order valence-corrected chi connectivity index (χ4v) is 2.87. The normalized spacial score (nSPS) is 19.9. The number of hydrogen-bond acceptors (Lipinski definition) is 4. The van der Waals surface area contributed by atoms with E-state index in [1.165, 1.54) is 30.5 Å². The predicted octanol–water partition coefficient (Wildman–Crippen LogP) is 2.20. The quantitative estimate of drug-likeness (QED) is 0.895. The lowest BCUT2D eigenvalue weighted by atomic mass is 10.0. The number of methoxy groups -OCH3 is 2. The number of aryl methyl sites for hydroxylation is 1. The Morgan fingerprint density at radius 3 is 2.60 bits per heavy atom. The van der Waals surface area contributed by atoms with Crippen molar-refractivity contribution in [2.45, 2.75) is 32.4 Å². The third kappa shape index (κ3) is 3.44. The number of benzene rings is 1. The first-order valence-corrected chi connectivity index (χ1v) is 7.29. The molecule has 0 aliphatic carbocycles. The number of piperidine rings is 1. The summed E-state index contributed by atoms with van der Waals surface area (Å²) < 4.78 is 10.8. The summed E-state index contributed by atoms with van der Waals surface area (Å²) in [5, 5.41) is 3.39. The molecular weight excluding hydrogens is 252 g/mol. The zero-order valence-corrected chi connectivity index (χ0v) is 13.0. The summed E-state index contributed by atoms with van der Waals surface area (Å²) in [6.07, 6.45) is 2.54. The standard InChI is InChI=1S/C16H26N2O2/c1-12-8-15(19-3)16(20-4)9-13(12)10-18-7-5-6-14(11-18)17-2/h8-9,14,17H,5-7,10-11H2,1-4H3. The monoisotopic (exact) mass is 278 g/mol. The van der Waals surface area contributed by atoms with Crippen LogP contribution in [0.4, 0.5) is 0 Å². The molecule has 1 unspecified atom stereocenters. The summed E-state index contributed by atoms with van der Waals surface area (Å²) in [6, 6.07) is 4.79. The molecule has 1 aromatic rings. The van der Waals surface area contributed by atoms with Crippen LogP contribution in [0.25, 0.3) is 0 Å². The summed E-state index contributed by atoms with van der Waals surface area (Å²) in [4.78, 5) is 2.51. The second-order valence-electron chi connectivity index (χ2n) is 5.50. The van der Waals surface area contributed by atoms with Gasteiger partial charge in [0.25, 0.3) is 0 Å². The molecule has 0 aromatic heterocycles. The number of nitrogens with one attached hydrogen (secondary N) is 1. The molecule has 1 fully saturated rings. The molecule has 0 spiro atoms. The van der Waals surface area contributed by atoms with Crippen molar-refractivity contribution >= 4 is 0 Å².